The number of nitrogens with one attached hydrogen (secondary N) is 1. The molecule has 1 atom stereocenters. The van der Waals surface area contributed by atoms with Crippen LogP contribution in [0.4, 0.5) is 0 Å². The third-order valence-corrected chi connectivity index (χ3v) is 2.63. The summed E-state index contributed by atoms with van der Waals surface area (Å²) in [5, 5.41) is 12.1. The van der Waals surface area contributed by atoms with E-state index in [4.69, 9.17) is 9.84 Å². The van der Waals surface area contributed by atoms with Crippen LogP contribution in [0.2, 0.25) is 0 Å². The van der Waals surface area contributed by atoms with Gasteiger partial charge in [0.25, 0.3) is 0 Å². The highest BCUT2D eigenvalue weighted by molar-refractivity contribution is 5.73. The minimum Gasteiger partial charge on any atom is -0.480 e. The van der Waals surface area contributed by atoms with E-state index in [9.17, 15) is 4.79 Å². The molecule has 0 aliphatic heterocycles. The Balaban J connectivity index is 3.74. The topological polar surface area (TPSA) is 61.8 Å². The number of methoxy groups -OCH3 is 1. The fourth-order valence-electron chi connectivity index (χ4n) is 1.57. The Morgan fingerprint density at radius 1 is 1.47 bits per heavy atom. The Morgan fingerprint density at radius 2 is 2.18 bits per heavy atom. The predicted molar refractivity (Wildman–Crippen MR) is 68.3 cm³/mol. The van der Waals surface area contributed by atoms with Gasteiger partial charge in [-0.25, -0.2) is 0 Å². The van der Waals surface area contributed by atoms with E-state index in [1.54, 1.807) is 7.11 Å². The van der Waals surface area contributed by atoms with Crippen molar-refractivity contribution in [1.82, 2.24) is 10.2 Å². The maximum absolute atomic E-state index is 11.0. The first-order valence-corrected chi connectivity index (χ1v) is 6.25. The molecule has 17 heavy (non-hydrogen) atoms. The van der Waals surface area contributed by atoms with Gasteiger partial charge in [-0.2, -0.15) is 0 Å². The highest BCUT2D eigenvalue weighted by Crippen LogP contribution is 1.97. The van der Waals surface area contributed by atoms with Crippen LogP contribution in [0, 0.1) is 0 Å². The average molecular weight is 246 g/mol. The number of hydrogen-bond donors (Lipinski definition) is 2. The molecule has 0 spiro atoms. The molecule has 0 fully saturated rings. The minimum atomic E-state index is -0.760. The second-order valence-corrected chi connectivity index (χ2v) is 4.28. The maximum Gasteiger partial charge on any atom is 0.320 e. The summed E-state index contributed by atoms with van der Waals surface area (Å²) in [6.45, 7) is 5.26. The molecule has 2 N–H and O–H groups in total. The van der Waals surface area contributed by atoms with Crippen LogP contribution in [-0.4, -0.2) is 62.4 Å². The number of ether oxygens (including phenoxy) is 1. The summed E-state index contributed by atoms with van der Waals surface area (Å²) in [5.41, 5.74) is 0. The molecule has 1 unspecified atom stereocenters. The van der Waals surface area contributed by atoms with Crippen molar-refractivity contribution >= 4 is 5.97 Å². The van der Waals surface area contributed by atoms with Crippen LogP contribution >= 0.6 is 0 Å². The largest absolute Gasteiger partial charge is 0.480 e. The molecular weight excluding hydrogens is 220 g/mol. The molecule has 5 nitrogen and oxygen atoms in total. The molecule has 0 aromatic rings. The monoisotopic (exact) mass is 246 g/mol. The zero-order valence-corrected chi connectivity index (χ0v) is 11.2. The summed E-state index contributed by atoms with van der Waals surface area (Å²) in [4.78, 5) is 13.1. The van der Waals surface area contributed by atoms with Crippen LogP contribution in [0.3, 0.4) is 0 Å². The lowest BCUT2D eigenvalue weighted by molar-refractivity contribution is -0.139. The zero-order valence-electron chi connectivity index (χ0n) is 11.2. The highest BCUT2D eigenvalue weighted by atomic mass is 16.5. The Hall–Kier alpha value is -0.650. The summed E-state index contributed by atoms with van der Waals surface area (Å²) in [6, 6.07) is -0.431. The number of carboxylic acids is 1. The molecule has 5 heteroatoms. The molecule has 0 bridgehead atoms. The van der Waals surface area contributed by atoms with Gasteiger partial charge in [-0.3, -0.25) is 4.79 Å². The summed E-state index contributed by atoms with van der Waals surface area (Å²) < 4.78 is 4.98. The number of rotatable bonds is 11. The lowest BCUT2D eigenvalue weighted by atomic mass is 10.2. The second-order valence-electron chi connectivity index (χ2n) is 4.28. The molecule has 0 aliphatic carbocycles. The van der Waals surface area contributed by atoms with Crippen molar-refractivity contribution < 1.29 is 14.6 Å². The first kappa shape index (κ1) is 16.4. The predicted octanol–water partition coefficient (Wildman–Crippen LogP) is 0.798. The minimum absolute atomic E-state index is 0.431. The lowest BCUT2D eigenvalue weighted by Gasteiger charge is -2.20. The van der Waals surface area contributed by atoms with Crippen molar-refractivity contribution in [2.75, 3.05) is 40.4 Å². The Morgan fingerprint density at radius 3 is 2.71 bits per heavy atom. The van der Waals surface area contributed by atoms with Crippen molar-refractivity contribution in [3.05, 3.63) is 0 Å². The number of hydrogen-bond acceptors (Lipinski definition) is 4. The quantitative estimate of drug-likeness (QED) is 0.528. The van der Waals surface area contributed by atoms with Crippen LogP contribution in [0.1, 0.15) is 26.2 Å². The molecule has 102 valence electrons. The van der Waals surface area contributed by atoms with E-state index in [1.165, 1.54) is 0 Å². The van der Waals surface area contributed by atoms with Gasteiger partial charge in [0.05, 0.1) is 0 Å². The van der Waals surface area contributed by atoms with Gasteiger partial charge >= 0.3 is 5.97 Å². The van der Waals surface area contributed by atoms with Crippen LogP contribution in [0.25, 0.3) is 0 Å². The zero-order chi connectivity index (χ0) is 13.1. The van der Waals surface area contributed by atoms with Crippen molar-refractivity contribution in [2.45, 2.75) is 32.2 Å². The first-order valence-electron chi connectivity index (χ1n) is 6.25. The molecule has 0 amide bonds. The molecule has 0 aromatic heterocycles. The van der Waals surface area contributed by atoms with Gasteiger partial charge in [-0.05, 0) is 39.4 Å². The van der Waals surface area contributed by atoms with Crippen LogP contribution in [0.15, 0.2) is 0 Å². The van der Waals surface area contributed by atoms with E-state index >= 15 is 0 Å². The number of aliphatic carboxylic acids is 1. The number of carbonyl (C=O) groups is 1. The van der Waals surface area contributed by atoms with E-state index in [2.05, 4.69) is 10.2 Å². The lowest BCUT2D eigenvalue weighted by Crippen LogP contribution is -2.39. The number of carboxylic acid groups (broad SMARTS) is 1. The second kappa shape index (κ2) is 10.5. The standard InChI is InChI=1S/C12H26N2O3/c1-4-7-13-11(12(15)16)6-9-14(2)8-5-10-17-3/h11,13H,4-10H2,1-3H3,(H,15,16). The Kier molecular flexibility index (Phi) is 10.1. The third kappa shape index (κ3) is 9.09. The van der Waals surface area contributed by atoms with Gasteiger partial charge in [0.2, 0.25) is 0 Å². The molecular formula is C12H26N2O3. The smallest absolute Gasteiger partial charge is 0.320 e. The maximum atomic E-state index is 11.0. The van der Waals surface area contributed by atoms with Crippen molar-refractivity contribution in [2.24, 2.45) is 0 Å². The highest BCUT2D eigenvalue weighted by Gasteiger charge is 2.16. The van der Waals surface area contributed by atoms with Gasteiger partial charge in [0, 0.05) is 20.3 Å². The normalized spacial score (nSPS) is 12.9. The van der Waals surface area contributed by atoms with E-state index in [-0.39, 0.29) is 0 Å². The molecule has 0 rings (SSSR count). The van der Waals surface area contributed by atoms with Gasteiger partial charge < -0.3 is 20.1 Å². The summed E-state index contributed by atoms with van der Waals surface area (Å²) in [6.07, 6.45) is 2.57. The number of nitrogens with zero attached hydrogens (tertiary/aromatic N) is 1. The van der Waals surface area contributed by atoms with Crippen molar-refractivity contribution in [3.63, 3.8) is 0 Å². The van der Waals surface area contributed by atoms with E-state index < -0.39 is 12.0 Å². The van der Waals surface area contributed by atoms with Crippen molar-refractivity contribution in [1.29, 1.82) is 0 Å². The molecule has 0 heterocycles. The van der Waals surface area contributed by atoms with Crippen molar-refractivity contribution in [3.8, 4) is 0 Å². The fourth-order valence-corrected chi connectivity index (χ4v) is 1.57. The summed E-state index contributed by atoms with van der Waals surface area (Å²) in [5.74, 6) is -0.760. The Labute approximate surface area is 104 Å². The third-order valence-electron chi connectivity index (χ3n) is 2.63. The van der Waals surface area contributed by atoms with Crippen LogP contribution < -0.4 is 5.32 Å². The fraction of sp³-hybridized carbons (Fsp3) is 0.917. The van der Waals surface area contributed by atoms with Gasteiger partial charge in [0.1, 0.15) is 6.04 Å². The van der Waals surface area contributed by atoms with Gasteiger partial charge in [-0.15, -0.1) is 0 Å². The summed E-state index contributed by atoms with van der Waals surface area (Å²) in [7, 11) is 3.70. The van der Waals surface area contributed by atoms with E-state index in [0.717, 1.165) is 39.1 Å². The van der Waals surface area contributed by atoms with Gasteiger partial charge in [0.15, 0.2) is 0 Å². The van der Waals surface area contributed by atoms with E-state index in [0.29, 0.717) is 6.42 Å². The van der Waals surface area contributed by atoms with E-state index in [1.807, 2.05) is 14.0 Å². The molecule has 0 saturated carbocycles. The molecule has 0 saturated heterocycles. The van der Waals surface area contributed by atoms with Gasteiger partial charge in [-0.1, -0.05) is 6.92 Å². The molecule has 0 radical (unpaired) electrons. The van der Waals surface area contributed by atoms with Crippen LogP contribution in [0.5, 0.6) is 0 Å². The molecule has 0 aromatic carbocycles. The Bertz CT molecular complexity index is 200. The average Bonchev–Trinajstić information content (AvgIpc) is 2.29. The first-order chi connectivity index (χ1) is 8.11. The molecule has 0 aliphatic rings. The summed E-state index contributed by atoms with van der Waals surface area (Å²) >= 11 is 0. The van der Waals surface area contributed by atoms with Crippen LogP contribution in [-0.2, 0) is 9.53 Å². The SMILES string of the molecule is CCCNC(CCN(C)CCCOC)C(=O)O.